The van der Waals surface area contributed by atoms with Crippen LogP contribution in [0.5, 0.6) is 0 Å². The van der Waals surface area contributed by atoms with Crippen molar-refractivity contribution in [3.63, 3.8) is 0 Å². The summed E-state index contributed by atoms with van der Waals surface area (Å²) in [6.45, 7) is 7.39. The second-order valence-corrected chi connectivity index (χ2v) is 5.99. The normalized spacial score (nSPS) is 13.6. The molecular weight excluding hydrogens is 290 g/mol. The molecule has 1 aromatic carbocycles. The van der Waals surface area contributed by atoms with Crippen molar-refractivity contribution in [2.75, 3.05) is 13.7 Å². The van der Waals surface area contributed by atoms with Gasteiger partial charge in [-0.2, -0.15) is 0 Å². The van der Waals surface area contributed by atoms with E-state index < -0.39 is 0 Å². The van der Waals surface area contributed by atoms with E-state index >= 15 is 0 Å². The van der Waals surface area contributed by atoms with Crippen molar-refractivity contribution in [3.05, 3.63) is 34.3 Å². The fourth-order valence-electron chi connectivity index (χ4n) is 1.97. The van der Waals surface area contributed by atoms with E-state index in [0.29, 0.717) is 6.04 Å². The van der Waals surface area contributed by atoms with Gasteiger partial charge in [0.1, 0.15) is 0 Å². The highest BCUT2D eigenvalue weighted by atomic mass is 79.9. The highest BCUT2D eigenvalue weighted by molar-refractivity contribution is 9.10. The molecule has 2 nitrogen and oxygen atoms in total. The largest absolute Gasteiger partial charge is 0.379 e. The van der Waals surface area contributed by atoms with Crippen LogP contribution in [-0.2, 0) is 4.74 Å². The zero-order chi connectivity index (χ0) is 13.6. The standard InChI is InChI=1S/C15H24BrNO/c1-5-17-14(10-11-15(2,3)18-4)12-8-6-7-9-13(12)16/h6-9,14,17H,5,10-11H2,1-4H3. The third kappa shape index (κ3) is 4.71. The molecule has 102 valence electrons. The Kier molecular flexibility index (Phi) is 6.33. The summed E-state index contributed by atoms with van der Waals surface area (Å²) in [5.74, 6) is 0. The lowest BCUT2D eigenvalue weighted by molar-refractivity contribution is 0.0117. The molecule has 0 aliphatic heterocycles. The average molecular weight is 314 g/mol. The molecule has 3 heteroatoms. The monoisotopic (exact) mass is 313 g/mol. The van der Waals surface area contributed by atoms with Gasteiger partial charge in [-0.1, -0.05) is 41.1 Å². The zero-order valence-corrected chi connectivity index (χ0v) is 13.4. The van der Waals surface area contributed by atoms with E-state index in [4.69, 9.17) is 4.74 Å². The van der Waals surface area contributed by atoms with Crippen LogP contribution in [0.15, 0.2) is 28.7 Å². The molecule has 0 aromatic heterocycles. The van der Waals surface area contributed by atoms with E-state index in [2.05, 4.69) is 66.3 Å². The summed E-state index contributed by atoms with van der Waals surface area (Å²) in [6, 6.07) is 8.79. The van der Waals surface area contributed by atoms with Crippen molar-refractivity contribution < 1.29 is 4.74 Å². The van der Waals surface area contributed by atoms with Gasteiger partial charge in [0, 0.05) is 17.6 Å². The second kappa shape index (κ2) is 7.27. The fraction of sp³-hybridized carbons (Fsp3) is 0.600. The smallest absolute Gasteiger partial charge is 0.0623 e. The first-order valence-corrected chi connectivity index (χ1v) is 7.32. The molecule has 0 amide bonds. The lowest BCUT2D eigenvalue weighted by atomic mass is 9.95. The van der Waals surface area contributed by atoms with Gasteiger partial charge in [0.05, 0.1) is 5.60 Å². The van der Waals surface area contributed by atoms with Crippen molar-refractivity contribution in [2.24, 2.45) is 0 Å². The summed E-state index contributed by atoms with van der Waals surface area (Å²) in [5, 5.41) is 3.55. The second-order valence-electron chi connectivity index (χ2n) is 5.13. The quantitative estimate of drug-likeness (QED) is 0.810. The Hall–Kier alpha value is -0.380. The van der Waals surface area contributed by atoms with Crippen LogP contribution in [-0.4, -0.2) is 19.3 Å². The molecule has 1 unspecified atom stereocenters. The Balaban J connectivity index is 2.75. The van der Waals surface area contributed by atoms with Crippen LogP contribution in [0.3, 0.4) is 0 Å². The molecule has 0 fully saturated rings. The minimum atomic E-state index is -0.0606. The molecule has 1 aromatic rings. The third-order valence-corrected chi connectivity index (χ3v) is 4.04. The maximum absolute atomic E-state index is 5.49. The van der Waals surface area contributed by atoms with E-state index in [1.807, 2.05) is 0 Å². The molecule has 1 rings (SSSR count). The summed E-state index contributed by atoms with van der Waals surface area (Å²) in [7, 11) is 1.78. The van der Waals surface area contributed by atoms with Crippen LogP contribution < -0.4 is 5.32 Å². The lowest BCUT2D eigenvalue weighted by Crippen LogP contribution is -2.27. The number of ether oxygens (including phenoxy) is 1. The van der Waals surface area contributed by atoms with Gasteiger partial charge in [0.25, 0.3) is 0 Å². The summed E-state index contributed by atoms with van der Waals surface area (Å²) in [5.41, 5.74) is 1.26. The van der Waals surface area contributed by atoms with Gasteiger partial charge in [0.15, 0.2) is 0 Å². The first-order valence-electron chi connectivity index (χ1n) is 6.53. The Morgan fingerprint density at radius 3 is 2.56 bits per heavy atom. The van der Waals surface area contributed by atoms with Gasteiger partial charge in [-0.05, 0) is 44.9 Å². The van der Waals surface area contributed by atoms with Gasteiger partial charge < -0.3 is 10.1 Å². The molecule has 0 radical (unpaired) electrons. The number of hydrogen-bond donors (Lipinski definition) is 1. The van der Waals surface area contributed by atoms with Gasteiger partial charge >= 0.3 is 0 Å². The first-order chi connectivity index (χ1) is 8.50. The summed E-state index contributed by atoms with van der Waals surface area (Å²) in [4.78, 5) is 0. The van der Waals surface area contributed by atoms with E-state index in [9.17, 15) is 0 Å². The van der Waals surface area contributed by atoms with Crippen LogP contribution in [0.2, 0.25) is 0 Å². The average Bonchev–Trinajstić information content (AvgIpc) is 2.35. The number of hydrogen-bond acceptors (Lipinski definition) is 2. The predicted octanol–water partition coefficient (Wildman–Crippen LogP) is 4.30. The van der Waals surface area contributed by atoms with Crippen LogP contribution >= 0.6 is 15.9 Å². The molecule has 0 aliphatic carbocycles. The number of nitrogens with one attached hydrogen (secondary N) is 1. The summed E-state index contributed by atoms with van der Waals surface area (Å²) in [6.07, 6.45) is 2.10. The minimum absolute atomic E-state index is 0.0606. The molecule has 0 spiro atoms. The zero-order valence-electron chi connectivity index (χ0n) is 11.8. The van der Waals surface area contributed by atoms with Crippen LogP contribution in [0.25, 0.3) is 0 Å². The van der Waals surface area contributed by atoms with E-state index in [0.717, 1.165) is 19.4 Å². The topological polar surface area (TPSA) is 21.3 Å². The molecule has 18 heavy (non-hydrogen) atoms. The maximum atomic E-state index is 5.49. The van der Waals surface area contributed by atoms with Gasteiger partial charge in [-0.15, -0.1) is 0 Å². The molecule has 1 N–H and O–H groups in total. The van der Waals surface area contributed by atoms with E-state index in [-0.39, 0.29) is 5.60 Å². The fourth-order valence-corrected chi connectivity index (χ4v) is 2.53. The highest BCUT2D eigenvalue weighted by Gasteiger charge is 2.20. The highest BCUT2D eigenvalue weighted by Crippen LogP contribution is 2.29. The predicted molar refractivity (Wildman–Crippen MR) is 80.9 cm³/mol. The summed E-state index contributed by atoms with van der Waals surface area (Å²) < 4.78 is 6.67. The Labute approximate surface area is 119 Å². The summed E-state index contributed by atoms with van der Waals surface area (Å²) >= 11 is 3.63. The van der Waals surface area contributed by atoms with Crippen molar-refractivity contribution >= 4 is 15.9 Å². The number of benzene rings is 1. The van der Waals surface area contributed by atoms with Crippen LogP contribution in [0.4, 0.5) is 0 Å². The van der Waals surface area contributed by atoms with E-state index in [1.165, 1.54) is 10.0 Å². The first kappa shape index (κ1) is 15.7. The Morgan fingerprint density at radius 1 is 1.33 bits per heavy atom. The SMILES string of the molecule is CCNC(CCC(C)(C)OC)c1ccccc1Br. The van der Waals surface area contributed by atoms with Gasteiger partial charge in [-0.3, -0.25) is 0 Å². The lowest BCUT2D eigenvalue weighted by Gasteiger charge is -2.27. The molecular formula is C15H24BrNO. The minimum Gasteiger partial charge on any atom is -0.379 e. The number of halogens is 1. The van der Waals surface area contributed by atoms with Gasteiger partial charge in [0.2, 0.25) is 0 Å². The van der Waals surface area contributed by atoms with E-state index in [1.54, 1.807) is 7.11 Å². The molecule has 1 atom stereocenters. The van der Waals surface area contributed by atoms with Crippen LogP contribution in [0.1, 0.15) is 45.2 Å². The maximum Gasteiger partial charge on any atom is 0.0623 e. The third-order valence-electron chi connectivity index (χ3n) is 3.32. The Morgan fingerprint density at radius 2 is 2.00 bits per heavy atom. The van der Waals surface area contributed by atoms with Crippen molar-refractivity contribution in [2.45, 2.75) is 45.3 Å². The van der Waals surface area contributed by atoms with Gasteiger partial charge in [-0.25, -0.2) is 0 Å². The molecule has 0 saturated heterocycles. The number of rotatable bonds is 7. The molecule has 0 aliphatic rings. The number of methoxy groups -OCH3 is 1. The van der Waals surface area contributed by atoms with Crippen molar-refractivity contribution in [1.29, 1.82) is 0 Å². The van der Waals surface area contributed by atoms with Crippen LogP contribution in [0, 0.1) is 0 Å². The molecule has 0 saturated carbocycles. The van der Waals surface area contributed by atoms with Crippen molar-refractivity contribution in [1.82, 2.24) is 5.32 Å². The molecule has 0 heterocycles. The Bertz CT molecular complexity index is 365. The van der Waals surface area contributed by atoms with Crippen molar-refractivity contribution in [3.8, 4) is 0 Å². The molecule has 0 bridgehead atoms.